The van der Waals surface area contributed by atoms with E-state index < -0.39 is 0 Å². The fourth-order valence-corrected chi connectivity index (χ4v) is 1.06. The minimum atomic E-state index is -0.287. The number of nitrogens with one attached hydrogen (secondary N) is 1. The van der Waals surface area contributed by atoms with Gasteiger partial charge < -0.3 is 10.1 Å². The first-order chi connectivity index (χ1) is 7.65. The molecule has 0 radical (unpaired) electrons. The number of methoxy groups -OCH3 is 1. The van der Waals surface area contributed by atoms with Crippen LogP contribution in [-0.4, -0.2) is 26.2 Å². The molecular weight excluding hydrogens is 202 g/mol. The maximum atomic E-state index is 10.9. The molecule has 0 unspecified atom stereocenters. The number of carbonyl (C=O) groups excluding carboxylic acids is 1. The summed E-state index contributed by atoms with van der Waals surface area (Å²) in [6, 6.07) is 7.26. The van der Waals surface area contributed by atoms with Crippen molar-refractivity contribution in [3.05, 3.63) is 35.4 Å². The molecule has 1 aromatic rings. The Morgan fingerprint density at radius 2 is 1.69 bits per heavy atom. The van der Waals surface area contributed by atoms with Crippen molar-refractivity contribution in [2.45, 2.75) is 20.8 Å². The van der Waals surface area contributed by atoms with Gasteiger partial charge in [0.2, 0.25) is 0 Å². The van der Waals surface area contributed by atoms with Crippen LogP contribution in [0.1, 0.15) is 29.8 Å². The van der Waals surface area contributed by atoms with Crippen LogP contribution in [0.15, 0.2) is 24.3 Å². The lowest BCUT2D eigenvalue weighted by Crippen LogP contribution is -2.09. The van der Waals surface area contributed by atoms with Crippen molar-refractivity contribution in [1.29, 1.82) is 0 Å². The third-order valence-corrected chi connectivity index (χ3v) is 1.97. The molecular formula is C13H21NO2. The van der Waals surface area contributed by atoms with Crippen LogP contribution < -0.4 is 5.32 Å². The second-order valence-corrected chi connectivity index (χ2v) is 3.31. The summed E-state index contributed by atoms with van der Waals surface area (Å²) >= 11 is 0. The Morgan fingerprint density at radius 1 is 1.19 bits per heavy atom. The molecule has 0 fully saturated rings. The number of carbonyl (C=O) groups is 1. The van der Waals surface area contributed by atoms with E-state index in [1.54, 1.807) is 12.1 Å². The predicted molar refractivity (Wildman–Crippen MR) is 66.7 cm³/mol. The molecule has 1 N–H and O–H groups in total. The minimum absolute atomic E-state index is 0.287. The van der Waals surface area contributed by atoms with E-state index in [1.165, 1.54) is 7.11 Å². The summed E-state index contributed by atoms with van der Waals surface area (Å²) < 4.78 is 4.54. The van der Waals surface area contributed by atoms with E-state index in [1.807, 2.05) is 19.1 Å². The van der Waals surface area contributed by atoms with Gasteiger partial charge in [0, 0.05) is 0 Å². The number of rotatable bonds is 3. The molecule has 0 aliphatic rings. The summed E-state index contributed by atoms with van der Waals surface area (Å²) in [6.07, 6.45) is 0. The largest absolute Gasteiger partial charge is 0.465 e. The van der Waals surface area contributed by atoms with E-state index in [2.05, 4.69) is 23.9 Å². The molecule has 1 rings (SSSR count). The molecule has 90 valence electrons. The molecule has 1 aromatic carbocycles. The van der Waals surface area contributed by atoms with Crippen LogP contribution in [0.3, 0.4) is 0 Å². The van der Waals surface area contributed by atoms with Gasteiger partial charge in [0.1, 0.15) is 0 Å². The van der Waals surface area contributed by atoms with Gasteiger partial charge in [-0.3, -0.25) is 0 Å². The van der Waals surface area contributed by atoms with Crippen molar-refractivity contribution in [3.63, 3.8) is 0 Å². The van der Waals surface area contributed by atoms with E-state index >= 15 is 0 Å². The maximum Gasteiger partial charge on any atom is 0.337 e. The lowest BCUT2D eigenvalue weighted by atomic mass is 10.2. The van der Waals surface area contributed by atoms with Crippen molar-refractivity contribution >= 4 is 5.97 Å². The zero-order chi connectivity index (χ0) is 12.4. The van der Waals surface area contributed by atoms with Gasteiger partial charge in [-0.05, 0) is 32.1 Å². The van der Waals surface area contributed by atoms with Crippen LogP contribution in [-0.2, 0) is 4.74 Å². The monoisotopic (exact) mass is 223 g/mol. The quantitative estimate of drug-likeness (QED) is 0.800. The highest BCUT2D eigenvalue weighted by atomic mass is 16.5. The molecule has 0 spiro atoms. The number of hydrogen-bond acceptors (Lipinski definition) is 3. The Kier molecular flexibility index (Phi) is 8.17. The summed E-state index contributed by atoms with van der Waals surface area (Å²) in [6.45, 7) is 8.36. The first-order valence-corrected chi connectivity index (χ1v) is 5.51. The highest BCUT2D eigenvalue weighted by molar-refractivity contribution is 5.89. The molecule has 0 amide bonds. The predicted octanol–water partition coefficient (Wildman–Crippen LogP) is 2.40. The molecule has 3 nitrogen and oxygen atoms in total. The standard InChI is InChI=1S/C9H10O2.C4H11N/c1-7-3-5-8(6-4-7)9(10)11-2;1-3-5-4-2/h3-6H,1-2H3;5H,3-4H2,1-2H3. The minimum Gasteiger partial charge on any atom is -0.465 e. The van der Waals surface area contributed by atoms with Gasteiger partial charge in [0.05, 0.1) is 12.7 Å². The fourth-order valence-electron chi connectivity index (χ4n) is 1.06. The van der Waals surface area contributed by atoms with Gasteiger partial charge in [-0.1, -0.05) is 31.5 Å². The first kappa shape index (κ1) is 14.6. The molecule has 0 aliphatic carbocycles. The molecule has 16 heavy (non-hydrogen) atoms. The Balaban J connectivity index is 0.000000385. The van der Waals surface area contributed by atoms with Crippen molar-refractivity contribution in [2.24, 2.45) is 0 Å². The molecule has 0 aliphatic heterocycles. The van der Waals surface area contributed by atoms with Crippen LogP contribution in [0.25, 0.3) is 0 Å². The summed E-state index contributed by atoms with van der Waals surface area (Å²) in [5.41, 5.74) is 1.73. The van der Waals surface area contributed by atoms with Gasteiger partial charge in [-0.2, -0.15) is 0 Å². The summed E-state index contributed by atoms with van der Waals surface area (Å²) in [5, 5.41) is 3.11. The zero-order valence-corrected chi connectivity index (χ0v) is 10.5. The van der Waals surface area contributed by atoms with Crippen molar-refractivity contribution < 1.29 is 9.53 Å². The number of hydrogen-bond donors (Lipinski definition) is 1. The smallest absolute Gasteiger partial charge is 0.337 e. The highest BCUT2D eigenvalue weighted by Gasteiger charge is 2.01. The summed E-state index contributed by atoms with van der Waals surface area (Å²) in [4.78, 5) is 10.9. The molecule has 0 heterocycles. The number of esters is 1. The van der Waals surface area contributed by atoms with E-state index in [9.17, 15) is 4.79 Å². The van der Waals surface area contributed by atoms with Crippen LogP contribution >= 0.6 is 0 Å². The van der Waals surface area contributed by atoms with Gasteiger partial charge in [0.15, 0.2) is 0 Å². The van der Waals surface area contributed by atoms with Gasteiger partial charge in [0.25, 0.3) is 0 Å². The van der Waals surface area contributed by atoms with Gasteiger partial charge in [-0.15, -0.1) is 0 Å². The van der Waals surface area contributed by atoms with Crippen LogP contribution in [0.2, 0.25) is 0 Å². The fraction of sp³-hybridized carbons (Fsp3) is 0.462. The Hall–Kier alpha value is -1.35. The number of aryl methyl sites for hydroxylation is 1. The van der Waals surface area contributed by atoms with Crippen LogP contribution in [0.5, 0.6) is 0 Å². The van der Waals surface area contributed by atoms with Crippen LogP contribution in [0, 0.1) is 6.92 Å². The maximum absolute atomic E-state index is 10.9. The van der Waals surface area contributed by atoms with E-state index in [0.29, 0.717) is 5.56 Å². The third-order valence-electron chi connectivity index (χ3n) is 1.97. The number of benzene rings is 1. The average molecular weight is 223 g/mol. The van der Waals surface area contributed by atoms with Gasteiger partial charge >= 0.3 is 5.97 Å². The Bertz CT molecular complexity index is 291. The van der Waals surface area contributed by atoms with Crippen molar-refractivity contribution in [3.8, 4) is 0 Å². The first-order valence-electron chi connectivity index (χ1n) is 5.51. The topological polar surface area (TPSA) is 38.3 Å². The highest BCUT2D eigenvalue weighted by Crippen LogP contribution is 2.03. The molecule has 0 atom stereocenters. The molecule has 0 saturated carbocycles. The molecule has 0 aromatic heterocycles. The van der Waals surface area contributed by atoms with Crippen LogP contribution in [0.4, 0.5) is 0 Å². The summed E-state index contributed by atoms with van der Waals surface area (Å²) in [7, 11) is 1.38. The zero-order valence-electron chi connectivity index (χ0n) is 10.5. The lowest BCUT2D eigenvalue weighted by Gasteiger charge is -1.97. The molecule has 0 bridgehead atoms. The third kappa shape index (κ3) is 6.19. The van der Waals surface area contributed by atoms with Gasteiger partial charge in [-0.25, -0.2) is 4.79 Å². The molecule has 0 saturated heterocycles. The molecule has 3 heteroatoms. The van der Waals surface area contributed by atoms with E-state index in [4.69, 9.17) is 0 Å². The summed E-state index contributed by atoms with van der Waals surface area (Å²) in [5.74, 6) is -0.287. The Morgan fingerprint density at radius 3 is 2.00 bits per heavy atom. The lowest BCUT2D eigenvalue weighted by molar-refractivity contribution is 0.0601. The van der Waals surface area contributed by atoms with Crippen molar-refractivity contribution in [2.75, 3.05) is 20.2 Å². The van der Waals surface area contributed by atoms with E-state index in [0.717, 1.165) is 18.7 Å². The number of ether oxygens (including phenoxy) is 1. The second-order valence-electron chi connectivity index (χ2n) is 3.31. The average Bonchev–Trinajstić information content (AvgIpc) is 2.31. The Labute approximate surface area is 97.8 Å². The second kappa shape index (κ2) is 8.92. The SMILES string of the molecule is CCNCC.COC(=O)c1ccc(C)cc1. The normalized spacial score (nSPS) is 9.00. The van der Waals surface area contributed by atoms with Crippen molar-refractivity contribution in [1.82, 2.24) is 5.32 Å². The van der Waals surface area contributed by atoms with E-state index in [-0.39, 0.29) is 5.97 Å².